The molecule has 0 aliphatic carbocycles. The zero-order chi connectivity index (χ0) is 26.0. The molecule has 1 atom stereocenters. The minimum Gasteiger partial charge on any atom is -0.463 e. The van der Waals surface area contributed by atoms with Gasteiger partial charge >= 0.3 is 18.0 Å². The van der Waals surface area contributed by atoms with Crippen molar-refractivity contribution >= 4 is 29.0 Å². The number of furan rings is 1. The Morgan fingerprint density at radius 2 is 1.92 bits per heavy atom. The lowest BCUT2D eigenvalue weighted by atomic mass is 10.1. The number of carbonyl (C=O) groups is 3. The number of amides is 1. The van der Waals surface area contributed by atoms with Crippen LogP contribution in [0.25, 0.3) is 22.3 Å². The molecule has 0 bridgehead atoms. The summed E-state index contributed by atoms with van der Waals surface area (Å²) >= 11 is 0. The second-order valence-electron chi connectivity index (χ2n) is 9.27. The van der Waals surface area contributed by atoms with Crippen LogP contribution in [0, 0.1) is 0 Å². The first-order valence-corrected chi connectivity index (χ1v) is 11.6. The largest absolute Gasteiger partial charge is 0.463 e. The van der Waals surface area contributed by atoms with Crippen LogP contribution in [0.1, 0.15) is 51.1 Å². The zero-order valence-electron chi connectivity index (χ0n) is 20.5. The van der Waals surface area contributed by atoms with E-state index in [9.17, 15) is 19.2 Å². The van der Waals surface area contributed by atoms with Crippen LogP contribution in [0.15, 0.2) is 50.2 Å². The third-order valence-corrected chi connectivity index (χ3v) is 5.47. The summed E-state index contributed by atoms with van der Waals surface area (Å²) in [6.07, 6.45) is 1.76. The molecule has 190 valence electrons. The maximum Gasteiger partial charge on any atom is 0.411 e. The van der Waals surface area contributed by atoms with E-state index < -0.39 is 29.7 Å². The van der Waals surface area contributed by atoms with E-state index in [1.165, 1.54) is 41.5 Å². The molecule has 2 aromatic heterocycles. The first-order valence-electron chi connectivity index (χ1n) is 11.6. The molecule has 4 rings (SSSR count). The second kappa shape index (κ2) is 9.88. The van der Waals surface area contributed by atoms with Crippen LogP contribution in [0.2, 0.25) is 0 Å². The van der Waals surface area contributed by atoms with Crippen molar-refractivity contribution in [3.8, 4) is 17.1 Å². The standard InChI is InChI=1S/C26H27NO9/c1-5-32-24(30)20-11-10-19(35-20)17-14-33-21-13-15(8-9-16(21)22(17)28)34-23(29)18-7-6-12-27(18)25(31)36-26(2,3)4/h8-11,13-14,18H,5-7,12H2,1-4H3. The second-order valence-corrected chi connectivity index (χ2v) is 9.27. The van der Waals surface area contributed by atoms with Crippen molar-refractivity contribution in [2.24, 2.45) is 0 Å². The summed E-state index contributed by atoms with van der Waals surface area (Å²) in [7, 11) is 0. The topological polar surface area (TPSA) is 125 Å². The monoisotopic (exact) mass is 497 g/mol. The number of carbonyl (C=O) groups excluding carboxylic acids is 3. The molecule has 1 saturated heterocycles. The van der Waals surface area contributed by atoms with E-state index in [1.807, 2.05) is 0 Å². The van der Waals surface area contributed by atoms with Gasteiger partial charge in [-0.25, -0.2) is 14.4 Å². The van der Waals surface area contributed by atoms with Gasteiger partial charge in [0, 0.05) is 12.6 Å². The van der Waals surface area contributed by atoms with Gasteiger partial charge in [0.05, 0.1) is 12.0 Å². The quantitative estimate of drug-likeness (QED) is 0.369. The number of hydrogen-bond acceptors (Lipinski definition) is 9. The lowest BCUT2D eigenvalue weighted by molar-refractivity contribution is -0.139. The van der Waals surface area contributed by atoms with E-state index >= 15 is 0 Å². The molecule has 1 aliphatic heterocycles. The van der Waals surface area contributed by atoms with Crippen molar-refractivity contribution in [2.45, 2.75) is 52.2 Å². The molecule has 0 N–H and O–H groups in total. The molecule has 1 amide bonds. The number of ether oxygens (including phenoxy) is 3. The van der Waals surface area contributed by atoms with Gasteiger partial charge in [-0.1, -0.05) is 0 Å². The Morgan fingerprint density at radius 1 is 1.14 bits per heavy atom. The van der Waals surface area contributed by atoms with Crippen LogP contribution in [0.4, 0.5) is 4.79 Å². The Morgan fingerprint density at radius 3 is 2.64 bits per heavy atom. The Kier molecular flexibility index (Phi) is 6.87. The number of fused-ring (bicyclic) bond motifs is 1. The van der Waals surface area contributed by atoms with Crippen LogP contribution >= 0.6 is 0 Å². The first-order chi connectivity index (χ1) is 17.1. The van der Waals surface area contributed by atoms with Gasteiger partial charge in [0.1, 0.15) is 40.6 Å². The van der Waals surface area contributed by atoms with Gasteiger partial charge in [0.2, 0.25) is 11.2 Å². The number of nitrogens with zero attached hydrogens (tertiary/aromatic N) is 1. The molecule has 1 aromatic carbocycles. The van der Waals surface area contributed by atoms with Crippen LogP contribution in [-0.4, -0.2) is 47.7 Å². The third kappa shape index (κ3) is 5.27. The number of hydrogen-bond donors (Lipinski definition) is 0. The predicted molar refractivity (Wildman–Crippen MR) is 128 cm³/mol. The summed E-state index contributed by atoms with van der Waals surface area (Å²) in [5.74, 6) is -0.928. The van der Waals surface area contributed by atoms with Crippen molar-refractivity contribution < 1.29 is 37.4 Å². The average molecular weight is 498 g/mol. The van der Waals surface area contributed by atoms with E-state index in [2.05, 4.69) is 0 Å². The third-order valence-electron chi connectivity index (χ3n) is 5.47. The van der Waals surface area contributed by atoms with E-state index in [0.717, 1.165) is 0 Å². The highest BCUT2D eigenvalue weighted by Crippen LogP contribution is 2.27. The fourth-order valence-corrected chi connectivity index (χ4v) is 3.87. The van der Waals surface area contributed by atoms with Crippen molar-refractivity contribution in [3.63, 3.8) is 0 Å². The maximum atomic E-state index is 13.0. The lowest BCUT2D eigenvalue weighted by Gasteiger charge is -2.27. The Balaban J connectivity index is 1.52. The van der Waals surface area contributed by atoms with Gasteiger partial charge in [-0.2, -0.15) is 0 Å². The Labute approximate surface area is 206 Å². The molecule has 1 fully saturated rings. The van der Waals surface area contributed by atoms with Gasteiger partial charge in [-0.15, -0.1) is 0 Å². The molecule has 1 aliphatic rings. The zero-order valence-corrected chi connectivity index (χ0v) is 20.5. The smallest absolute Gasteiger partial charge is 0.411 e. The van der Waals surface area contributed by atoms with Crippen molar-refractivity contribution in [3.05, 3.63) is 52.6 Å². The van der Waals surface area contributed by atoms with Crippen molar-refractivity contribution in [1.82, 2.24) is 4.90 Å². The minimum atomic E-state index is -0.766. The van der Waals surface area contributed by atoms with Gasteiger partial charge in [-0.05, 0) is 64.8 Å². The van der Waals surface area contributed by atoms with Crippen LogP contribution in [0.3, 0.4) is 0 Å². The minimum absolute atomic E-state index is 0.0269. The molecule has 36 heavy (non-hydrogen) atoms. The highest BCUT2D eigenvalue weighted by molar-refractivity contribution is 5.88. The SMILES string of the molecule is CCOC(=O)c1ccc(-c2coc3cc(OC(=O)C4CCCN4C(=O)OC(C)(C)C)ccc3c2=O)o1. The molecule has 0 spiro atoms. The summed E-state index contributed by atoms with van der Waals surface area (Å²) in [4.78, 5) is 51.5. The number of esters is 2. The fourth-order valence-electron chi connectivity index (χ4n) is 3.87. The van der Waals surface area contributed by atoms with Crippen molar-refractivity contribution in [2.75, 3.05) is 13.2 Å². The van der Waals surface area contributed by atoms with Gasteiger partial charge < -0.3 is 23.0 Å². The van der Waals surface area contributed by atoms with E-state index in [4.69, 9.17) is 23.0 Å². The Bertz CT molecular complexity index is 1360. The number of benzene rings is 1. The first kappa shape index (κ1) is 25.0. The van der Waals surface area contributed by atoms with Crippen LogP contribution in [0.5, 0.6) is 5.75 Å². The average Bonchev–Trinajstić information content (AvgIpc) is 3.49. The molecule has 3 heterocycles. The van der Waals surface area contributed by atoms with Crippen LogP contribution in [-0.2, 0) is 14.3 Å². The summed E-state index contributed by atoms with van der Waals surface area (Å²) in [6, 6.07) is 6.51. The molecule has 10 nitrogen and oxygen atoms in total. The predicted octanol–water partition coefficient (Wildman–Crippen LogP) is 4.53. The van der Waals surface area contributed by atoms with E-state index in [-0.39, 0.29) is 45.8 Å². The molecular weight excluding hydrogens is 470 g/mol. The van der Waals surface area contributed by atoms with Crippen LogP contribution < -0.4 is 10.2 Å². The molecule has 10 heteroatoms. The number of likely N-dealkylation sites (tertiary alicyclic amines) is 1. The Hall–Kier alpha value is -4.08. The lowest BCUT2D eigenvalue weighted by Crippen LogP contribution is -2.44. The maximum absolute atomic E-state index is 13.0. The molecule has 1 unspecified atom stereocenters. The van der Waals surface area contributed by atoms with Crippen molar-refractivity contribution in [1.29, 1.82) is 0 Å². The summed E-state index contributed by atoms with van der Waals surface area (Å²) < 4.78 is 26.9. The van der Waals surface area contributed by atoms with Gasteiger partial charge in [0.25, 0.3) is 0 Å². The molecule has 3 aromatic rings. The van der Waals surface area contributed by atoms with E-state index in [1.54, 1.807) is 27.7 Å². The summed E-state index contributed by atoms with van der Waals surface area (Å²) in [5.41, 5.74) is -0.743. The summed E-state index contributed by atoms with van der Waals surface area (Å²) in [6.45, 7) is 7.54. The van der Waals surface area contributed by atoms with Gasteiger partial charge in [-0.3, -0.25) is 9.69 Å². The van der Waals surface area contributed by atoms with E-state index in [0.29, 0.717) is 19.4 Å². The van der Waals surface area contributed by atoms with Gasteiger partial charge in [0.15, 0.2) is 0 Å². The molecular formula is C26H27NO9. The normalized spacial score (nSPS) is 15.7. The highest BCUT2D eigenvalue weighted by atomic mass is 16.6. The highest BCUT2D eigenvalue weighted by Gasteiger charge is 2.38. The molecule has 0 saturated carbocycles. The fraction of sp³-hybridized carbons (Fsp3) is 0.385. The summed E-state index contributed by atoms with van der Waals surface area (Å²) in [5, 5.41) is 0.234. The number of rotatable bonds is 5. The molecule has 0 radical (unpaired) electrons.